The first kappa shape index (κ1) is 12.0. The van der Waals surface area contributed by atoms with E-state index in [9.17, 15) is 14.4 Å². The molecule has 1 amide bonds. The summed E-state index contributed by atoms with van der Waals surface area (Å²) in [5, 5.41) is 17.8. The Balaban J connectivity index is 3.25. The van der Waals surface area contributed by atoms with Crippen molar-refractivity contribution in [2.45, 2.75) is 13.3 Å². The van der Waals surface area contributed by atoms with Crippen molar-refractivity contribution < 1.29 is 24.6 Å². The zero-order chi connectivity index (χ0) is 12.5. The van der Waals surface area contributed by atoms with Gasteiger partial charge in [0.05, 0.1) is 5.41 Å². The summed E-state index contributed by atoms with van der Waals surface area (Å²) >= 11 is 0. The third kappa shape index (κ3) is 2.10. The van der Waals surface area contributed by atoms with Crippen molar-refractivity contribution in [1.29, 1.82) is 0 Å². The highest BCUT2D eigenvalue weighted by Gasteiger charge is 2.37. The molecule has 6 heteroatoms. The van der Waals surface area contributed by atoms with Crippen LogP contribution in [0.4, 0.5) is 0 Å². The van der Waals surface area contributed by atoms with Gasteiger partial charge in [-0.1, -0.05) is 6.08 Å². The minimum Gasteiger partial charge on any atom is -0.481 e. The average Bonchev–Trinajstić information content (AvgIpc) is 2.16. The Labute approximate surface area is 91.1 Å². The summed E-state index contributed by atoms with van der Waals surface area (Å²) in [4.78, 5) is 32.7. The Morgan fingerprint density at radius 2 is 1.94 bits per heavy atom. The second-order valence-electron chi connectivity index (χ2n) is 3.84. The summed E-state index contributed by atoms with van der Waals surface area (Å²) in [6.07, 6.45) is 2.12. The van der Waals surface area contributed by atoms with Gasteiger partial charge in [-0.2, -0.15) is 0 Å². The summed E-state index contributed by atoms with van der Waals surface area (Å²) in [6.45, 7) is 1.34. The van der Waals surface area contributed by atoms with Crippen LogP contribution < -0.4 is 5.73 Å². The molecule has 1 rings (SSSR count). The van der Waals surface area contributed by atoms with E-state index in [4.69, 9.17) is 15.9 Å². The van der Waals surface area contributed by atoms with Gasteiger partial charge in [0.25, 0.3) is 0 Å². The van der Waals surface area contributed by atoms with Crippen LogP contribution in [0.25, 0.3) is 0 Å². The molecule has 0 bridgehead atoms. The molecule has 1 aliphatic rings. The minimum atomic E-state index is -1.41. The molecule has 1 unspecified atom stereocenters. The third-order valence-electron chi connectivity index (χ3n) is 2.41. The van der Waals surface area contributed by atoms with Crippen molar-refractivity contribution in [1.82, 2.24) is 0 Å². The summed E-state index contributed by atoms with van der Waals surface area (Å²) < 4.78 is 0. The Hall–Kier alpha value is -2.11. The van der Waals surface area contributed by atoms with Crippen molar-refractivity contribution in [2.24, 2.45) is 11.1 Å². The van der Waals surface area contributed by atoms with E-state index in [-0.39, 0.29) is 17.6 Å². The molecule has 0 aromatic carbocycles. The number of hydrogen-bond acceptors (Lipinski definition) is 3. The lowest BCUT2D eigenvalue weighted by Crippen LogP contribution is -2.31. The van der Waals surface area contributed by atoms with Crippen LogP contribution in [0.2, 0.25) is 0 Å². The normalized spacial score (nSPS) is 24.3. The summed E-state index contributed by atoms with van der Waals surface area (Å²) in [7, 11) is 0. The van der Waals surface area contributed by atoms with Gasteiger partial charge in [-0.15, -0.1) is 0 Å². The largest absolute Gasteiger partial charge is 0.481 e. The van der Waals surface area contributed by atoms with Gasteiger partial charge >= 0.3 is 11.9 Å². The number of carboxylic acid groups (broad SMARTS) is 2. The lowest BCUT2D eigenvalue weighted by Gasteiger charge is -2.25. The fourth-order valence-corrected chi connectivity index (χ4v) is 1.49. The zero-order valence-corrected chi connectivity index (χ0v) is 8.56. The van der Waals surface area contributed by atoms with E-state index >= 15 is 0 Å². The monoisotopic (exact) mass is 225 g/mol. The molecule has 16 heavy (non-hydrogen) atoms. The van der Waals surface area contributed by atoms with E-state index in [0.29, 0.717) is 0 Å². The molecule has 0 aromatic heterocycles. The standard InChI is InChI=1S/C10H11NO5/c1-10(9(15)16)3-5(7(11)12)2-6(4-10)8(13)14/h2-3H,4H2,1H3,(H2,11,12)(H,13,14)(H,15,16). The Kier molecular flexibility index (Phi) is 2.84. The number of carbonyl (C=O) groups excluding carboxylic acids is 1. The zero-order valence-electron chi connectivity index (χ0n) is 8.56. The maximum absolute atomic E-state index is 11.0. The molecule has 0 fully saturated rings. The van der Waals surface area contributed by atoms with Crippen LogP contribution in [0.3, 0.4) is 0 Å². The average molecular weight is 225 g/mol. The van der Waals surface area contributed by atoms with Crippen LogP contribution in [-0.2, 0) is 14.4 Å². The first-order chi connectivity index (χ1) is 7.26. The lowest BCUT2D eigenvalue weighted by molar-refractivity contribution is -0.145. The maximum atomic E-state index is 11.0. The van der Waals surface area contributed by atoms with Gasteiger partial charge in [0.1, 0.15) is 0 Å². The second-order valence-corrected chi connectivity index (χ2v) is 3.84. The van der Waals surface area contributed by atoms with Crippen molar-refractivity contribution in [3.63, 3.8) is 0 Å². The lowest BCUT2D eigenvalue weighted by atomic mass is 9.77. The molecule has 0 spiro atoms. The molecule has 0 aromatic rings. The fraction of sp³-hybridized carbons (Fsp3) is 0.300. The van der Waals surface area contributed by atoms with Crippen LogP contribution in [0.5, 0.6) is 0 Å². The predicted octanol–water partition coefficient (Wildman–Crippen LogP) is -0.0963. The van der Waals surface area contributed by atoms with E-state index in [1.807, 2.05) is 0 Å². The van der Waals surface area contributed by atoms with Crippen molar-refractivity contribution in [3.8, 4) is 0 Å². The van der Waals surface area contributed by atoms with E-state index < -0.39 is 23.3 Å². The molecular weight excluding hydrogens is 214 g/mol. The van der Waals surface area contributed by atoms with Gasteiger partial charge in [0.2, 0.25) is 5.91 Å². The number of nitrogens with two attached hydrogens (primary N) is 1. The van der Waals surface area contributed by atoms with Gasteiger partial charge in [-0.25, -0.2) is 4.79 Å². The number of primary amides is 1. The number of rotatable bonds is 3. The van der Waals surface area contributed by atoms with Gasteiger partial charge in [0.15, 0.2) is 0 Å². The SMILES string of the molecule is CC1(C(=O)O)C=C(C(N)=O)C=C(C(=O)O)C1. The fourth-order valence-electron chi connectivity index (χ4n) is 1.49. The van der Waals surface area contributed by atoms with E-state index in [1.165, 1.54) is 13.0 Å². The number of aliphatic carboxylic acids is 2. The van der Waals surface area contributed by atoms with Crippen LogP contribution in [0.15, 0.2) is 23.3 Å². The predicted molar refractivity (Wildman–Crippen MR) is 53.4 cm³/mol. The molecule has 4 N–H and O–H groups in total. The second kappa shape index (κ2) is 3.80. The molecule has 0 radical (unpaired) electrons. The highest BCUT2D eigenvalue weighted by atomic mass is 16.4. The first-order valence-corrected chi connectivity index (χ1v) is 4.46. The van der Waals surface area contributed by atoms with Crippen LogP contribution in [0, 0.1) is 5.41 Å². The number of amides is 1. The minimum absolute atomic E-state index is 0.0893. The molecule has 1 aliphatic carbocycles. The number of carboxylic acids is 2. The summed E-state index contributed by atoms with van der Waals surface area (Å²) in [6, 6.07) is 0. The van der Waals surface area contributed by atoms with Gasteiger partial charge in [-0.05, 0) is 19.4 Å². The molecule has 6 nitrogen and oxygen atoms in total. The molecule has 0 heterocycles. The van der Waals surface area contributed by atoms with E-state index in [1.54, 1.807) is 0 Å². The van der Waals surface area contributed by atoms with Crippen molar-refractivity contribution in [2.75, 3.05) is 0 Å². The van der Waals surface area contributed by atoms with Gasteiger partial charge < -0.3 is 15.9 Å². The third-order valence-corrected chi connectivity index (χ3v) is 2.41. The van der Waals surface area contributed by atoms with Gasteiger partial charge in [0, 0.05) is 11.1 Å². The summed E-state index contributed by atoms with van der Waals surface area (Å²) in [5.41, 5.74) is 3.38. The Morgan fingerprint density at radius 3 is 2.31 bits per heavy atom. The molecule has 0 saturated carbocycles. The van der Waals surface area contributed by atoms with E-state index in [0.717, 1.165) is 6.08 Å². The molecule has 86 valence electrons. The molecule has 1 atom stereocenters. The van der Waals surface area contributed by atoms with Crippen molar-refractivity contribution in [3.05, 3.63) is 23.3 Å². The number of hydrogen-bond donors (Lipinski definition) is 3. The topological polar surface area (TPSA) is 118 Å². The van der Waals surface area contributed by atoms with Gasteiger partial charge in [-0.3, -0.25) is 9.59 Å². The van der Waals surface area contributed by atoms with Crippen LogP contribution >= 0.6 is 0 Å². The molecule has 0 aliphatic heterocycles. The van der Waals surface area contributed by atoms with Crippen LogP contribution in [0.1, 0.15) is 13.3 Å². The smallest absolute Gasteiger partial charge is 0.331 e. The highest BCUT2D eigenvalue weighted by molar-refractivity contribution is 6.00. The summed E-state index contributed by atoms with van der Waals surface area (Å²) in [5.74, 6) is -3.29. The Morgan fingerprint density at radius 1 is 1.38 bits per heavy atom. The molecular formula is C10H11NO5. The quantitative estimate of drug-likeness (QED) is 0.620. The molecule has 0 saturated heterocycles. The highest BCUT2D eigenvalue weighted by Crippen LogP contribution is 2.34. The van der Waals surface area contributed by atoms with Crippen LogP contribution in [-0.4, -0.2) is 28.1 Å². The Bertz CT molecular complexity index is 434. The number of carbonyl (C=O) groups is 3. The maximum Gasteiger partial charge on any atom is 0.331 e. The van der Waals surface area contributed by atoms with Crippen molar-refractivity contribution >= 4 is 17.8 Å². The first-order valence-electron chi connectivity index (χ1n) is 4.46. The van der Waals surface area contributed by atoms with E-state index in [2.05, 4.69) is 0 Å².